The average Bonchev–Trinajstić information content (AvgIpc) is 3.05. The highest BCUT2D eigenvalue weighted by atomic mass is 32.1. The van der Waals surface area contributed by atoms with E-state index >= 15 is 0 Å². The van der Waals surface area contributed by atoms with Crippen LogP contribution in [0.2, 0.25) is 0 Å². The van der Waals surface area contributed by atoms with Crippen molar-refractivity contribution in [2.75, 3.05) is 42.9 Å². The molecule has 1 fully saturated rings. The third-order valence-electron chi connectivity index (χ3n) is 3.67. The molecule has 0 saturated carbocycles. The Kier molecular flexibility index (Phi) is 5.39. The Hall–Kier alpha value is -2.75. The zero-order chi connectivity index (χ0) is 17.6. The van der Waals surface area contributed by atoms with E-state index in [1.807, 2.05) is 11.8 Å². The number of thiazole rings is 1. The molecule has 25 heavy (non-hydrogen) atoms. The van der Waals surface area contributed by atoms with Gasteiger partial charge in [-0.1, -0.05) is 0 Å². The summed E-state index contributed by atoms with van der Waals surface area (Å²) < 4.78 is 0. The topological polar surface area (TPSA) is 103 Å². The molecule has 2 aromatic heterocycles. The number of piperazine rings is 1. The van der Waals surface area contributed by atoms with Crippen LogP contribution in [-0.4, -0.2) is 64.5 Å². The summed E-state index contributed by atoms with van der Waals surface area (Å²) in [7, 11) is 0. The van der Waals surface area contributed by atoms with Crippen molar-refractivity contribution >= 4 is 34.4 Å². The molecule has 0 radical (unpaired) electrons. The first-order chi connectivity index (χ1) is 12.1. The molecule has 0 atom stereocenters. The molecule has 9 nitrogen and oxygen atoms in total. The Labute approximate surface area is 149 Å². The average molecular weight is 361 g/mol. The van der Waals surface area contributed by atoms with E-state index in [2.05, 4.69) is 25.6 Å². The van der Waals surface area contributed by atoms with Gasteiger partial charge in [0.05, 0.1) is 6.54 Å². The lowest BCUT2D eigenvalue weighted by molar-refractivity contribution is -0.115. The Balaban J connectivity index is 1.41. The SMILES string of the molecule is Cc1cnc(NC(=O)CNC(=O)N2CCN(c3ncccn3)CC2)s1. The van der Waals surface area contributed by atoms with Crippen LogP contribution in [0.1, 0.15) is 4.88 Å². The first kappa shape index (κ1) is 17.1. The van der Waals surface area contributed by atoms with E-state index in [1.54, 1.807) is 29.6 Å². The fourth-order valence-corrected chi connectivity index (χ4v) is 3.09. The van der Waals surface area contributed by atoms with Crippen molar-refractivity contribution in [2.24, 2.45) is 0 Å². The molecule has 2 aromatic rings. The van der Waals surface area contributed by atoms with Gasteiger partial charge in [-0.15, -0.1) is 11.3 Å². The van der Waals surface area contributed by atoms with Gasteiger partial charge in [0, 0.05) is 49.6 Å². The summed E-state index contributed by atoms with van der Waals surface area (Å²) in [6.45, 7) is 4.24. The highest BCUT2D eigenvalue weighted by molar-refractivity contribution is 7.15. The quantitative estimate of drug-likeness (QED) is 0.831. The molecule has 0 unspecified atom stereocenters. The largest absolute Gasteiger partial charge is 0.337 e. The summed E-state index contributed by atoms with van der Waals surface area (Å²) in [6, 6.07) is 1.52. The minimum Gasteiger partial charge on any atom is -0.337 e. The van der Waals surface area contributed by atoms with E-state index in [9.17, 15) is 9.59 Å². The fraction of sp³-hybridized carbons (Fsp3) is 0.400. The van der Waals surface area contributed by atoms with Gasteiger partial charge in [0.1, 0.15) is 0 Å². The maximum Gasteiger partial charge on any atom is 0.317 e. The predicted octanol–water partition coefficient (Wildman–Crippen LogP) is 0.712. The van der Waals surface area contributed by atoms with Crippen LogP contribution < -0.4 is 15.5 Å². The molecule has 1 saturated heterocycles. The smallest absolute Gasteiger partial charge is 0.317 e. The number of anilines is 2. The first-order valence-corrected chi connectivity index (χ1v) is 8.70. The lowest BCUT2D eigenvalue weighted by atomic mass is 10.3. The number of hydrogen-bond donors (Lipinski definition) is 2. The van der Waals surface area contributed by atoms with E-state index in [0.29, 0.717) is 37.3 Å². The molecule has 1 aliphatic heterocycles. The highest BCUT2D eigenvalue weighted by Gasteiger charge is 2.22. The van der Waals surface area contributed by atoms with Crippen LogP contribution in [0.5, 0.6) is 0 Å². The van der Waals surface area contributed by atoms with E-state index in [1.165, 1.54) is 11.3 Å². The van der Waals surface area contributed by atoms with Crippen molar-refractivity contribution in [2.45, 2.75) is 6.92 Å². The Morgan fingerprint density at radius 2 is 1.88 bits per heavy atom. The lowest BCUT2D eigenvalue weighted by Gasteiger charge is -2.34. The second kappa shape index (κ2) is 7.88. The van der Waals surface area contributed by atoms with Crippen molar-refractivity contribution in [3.63, 3.8) is 0 Å². The van der Waals surface area contributed by atoms with Crippen LogP contribution in [0.4, 0.5) is 15.9 Å². The molecule has 0 aliphatic carbocycles. The van der Waals surface area contributed by atoms with Gasteiger partial charge in [0.2, 0.25) is 11.9 Å². The minimum atomic E-state index is -0.293. The third kappa shape index (κ3) is 4.63. The Morgan fingerprint density at radius 3 is 2.52 bits per heavy atom. The van der Waals surface area contributed by atoms with E-state index in [-0.39, 0.29) is 18.5 Å². The third-order valence-corrected chi connectivity index (χ3v) is 4.50. The number of aromatic nitrogens is 3. The number of amides is 3. The number of nitrogens with zero attached hydrogens (tertiary/aromatic N) is 5. The number of carbonyl (C=O) groups excluding carboxylic acids is 2. The zero-order valence-electron chi connectivity index (χ0n) is 13.8. The van der Waals surface area contributed by atoms with Gasteiger partial charge in [0.25, 0.3) is 0 Å². The summed E-state index contributed by atoms with van der Waals surface area (Å²) >= 11 is 1.39. The molecule has 3 heterocycles. The van der Waals surface area contributed by atoms with Crippen molar-refractivity contribution in [3.8, 4) is 0 Å². The zero-order valence-corrected chi connectivity index (χ0v) is 14.6. The van der Waals surface area contributed by atoms with E-state index < -0.39 is 0 Å². The molecule has 1 aliphatic rings. The maximum absolute atomic E-state index is 12.2. The summed E-state index contributed by atoms with van der Waals surface area (Å²) in [5.74, 6) is 0.375. The standard InChI is InChI=1S/C15H19N7O2S/c1-11-9-18-14(25-11)20-12(23)10-19-15(24)22-7-5-21(6-8-22)13-16-3-2-4-17-13/h2-4,9H,5-8,10H2,1H3,(H,19,24)(H,18,20,23). The van der Waals surface area contributed by atoms with Crippen LogP contribution >= 0.6 is 11.3 Å². The predicted molar refractivity (Wildman–Crippen MR) is 94.7 cm³/mol. The Morgan fingerprint density at radius 1 is 1.16 bits per heavy atom. The monoisotopic (exact) mass is 361 g/mol. The van der Waals surface area contributed by atoms with E-state index in [4.69, 9.17) is 0 Å². The number of rotatable bonds is 4. The van der Waals surface area contributed by atoms with Gasteiger partial charge in [-0.2, -0.15) is 0 Å². The molecule has 0 bridgehead atoms. The van der Waals surface area contributed by atoms with Crippen molar-refractivity contribution < 1.29 is 9.59 Å². The summed E-state index contributed by atoms with van der Waals surface area (Å²) in [5, 5.41) is 5.83. The normalized spacial score (nSPS) is 14.3. The second-order valence-corrected chi connectivity index (χ2v) is 6.74. The number of aryl methyl sites for hydroxylation is 1. The van der Waals surface area contributed by atoms with Crippen molar-refractivity contribution in [1.29, 1.82) is 0 Å². The summed E-state index contributed by atoms with van der Waals surface area (Å²) in [6.07, 6.45) is 5.09. The molecule has 0 aromatic carbocycles. The van der Waals surface area contributed by atoms with Crippen LogP contribution in [0, 0.1) is 6.92 Å². The number of nitrogens with one attached hydrogen (secondary N) is 2. The number of hydrogen-bond acceptors (Lipinski definition) is 7. The van der Waals surface area contributed by atoms with Gasteiger partial charge in [-0.05, 0) is 13.0 Å². The van der Waals surface area contributed by atoms with Gasteiger partial charge < -0.3 is 20.4 Å². The molecule has 3 rings (SSSR count). The Bertz CT molecular complexity index is 728. The van der Waals surface area contributed by atoms with Gasteiger partial charge in [-0.3, -0.25) is 4.79 Å². The highest BCUT2D eigenvalue weighted by Crippen LogP contribution is 2.16. The van der Waals surface area contributed by atoms with Crippen LogP contribution in [0.25, 0.3) is 0 Å². The molecular weight excluding hydrogens is 342 g/mol. The fourth-order valence-electron chi connectivity index (χ4n) is 2.41. The van der Waals surface area contributed by atoms with E-state index in [0.717, 1.165) is 4.88 Å². The minimum absolute atomic E-state index is 0.0839. The molecule has 0 spiro atoms. The van der Waals surface area contributed by atoms with Gasteiger partial charge in [-0.25, -0.2) is 19.7 Å². The maximum atomic E-state index is 12.2. The molecular formula is C15H19N7O2S. The molecule has 132 valence electrons. The van der Waals surface area contributed by atoms with Crippen LogP contribution in [0.3, 0.4) is 0 Å². The van der Waals surface area contributed by atoms with Crippen molar-refractivity contribution in [1.82, 2.24) is 25.2 Å². The van der Waals surface area contributed by atoms with Crippen LogP contribution in [-0.2, 0) is 4.79 Å². The first-order valence-electron chi connectivity index (χ1n) is 7.89. The summed E-state index contributed by atoms with van der Waals surface area (Å²) in [5.41, 5.74) is 0. The van der Waals surface area contributed by atoms with Crippen LogP contribution in [0.15, 0.2) is 24.7 Å². The second-order valence-electron chi connectivity index (χ2n) is 5.51. The lowest BCUT2D eigenvalue weighted by Crippen LogP contribution is -2.53. The number of urea groups is 1. The van der Waals surface area contributed by atoms with Crippen molar-refractivity contribution in [3.05, 3.63) is 29.5 Å². The molecule has 2 N–H and O–H groups in total. The number of carbonyl (C=O) groups is 2. The van der Waals surface area contributed by atoms with Gasteiger partial charge >= 0.3 is 6.03 Å². The van der Waals surface area contributed by atoms with Gasteiger partial charge in [0.15, 0.2) is 5.13 Å². The molecule has 3 amide bonds. The summed E-state index contributed by atoms with van der Waals surface area (Å²) in [4.78, 5) is 41.2. The molecule has 10 heteroatoms.